The number of ether oxygens (including phenoxy) is 1. The Labute approximate surface area is 195 Å². The molecule has 0 atom stereocenters. The first kappa shape index (κ1) is 21.0. The maximum atomic E-state index is 12.9. The van der Waals surface area contributed by atoms with Crippen molar-refractivity contribution in [3.8, 4) is 11.3 Å². The third-order valence-corrected chi connectivity index (χ3v) is 6.53. The number of nitrogens with zero attached hydrogens (tertiary/aromatic N) is 3. The largest absolute Gasteiger partial charge is 0.378 e. The standard InChI is InChI=1S/C24H26BrN5O2/c1-29-23(21(25)15-26-29)17-12-18(14-19(13-17)30-8-10-32-11-9-30)27-24(31)28-22-5-3-2-4-20(22)16-6-7-16/h2-5,12-16H,6-11H2,1H3,(H2,27,28,31). The molecule has 7 nitrogen and oxygen atoms in total. The number of benzene rings is 2. The number of anilines is 3. The molecule has 2 amide bonds. The fraction of sp³-hybridized carbons (Fsp3) is 0.333. The van der Waals surface area contributed by atoms with Gasteiger partial charge in [0.2, 0.25) is 0 Å². The van der Waals surface area contributed by atoms with Crippen molar-refractivity contribution >= 4 is 39.0 Å². The first-order chi connectivity index (χ1) is 15.6. The van der Waals surface area contributed by atoms with E-state index in [0.717, 1.165) is 45.9 Å². The highest BCUT2D eigenvalue weighted by atomic mass is 79.9. The molecule has 0 spiro atoms. The Kier molecular flexibility index (Phi) is 5.89. The van der Waals surface area contributed by atoms with E-state index in [1.165, 1.54) is 18.4 Å². The van der Waals surface area contributed by atoms with E-state index in [-0.39, 0.29) is 6.03 Å². The SMILES string of the molecule is Cn1ncc(Br)c1-c1cc(NC(=O)Nc2ccccc2C2CC2)cc(N2CCOCC2)c1. The number of carbonyl (C=O) groups excluding carboxylic acids is 1. The number of carbonyl (C=O) groups is 1. The highest BCUT2D eigenvalue weighted by molar-refractivity contribution is 9.10. The van der Waals surface area contributed by atoms with E-state index in [0.29, 0.717) is 19.1 Å². The molecule has 1 aliphatic heterocycles. The van der Waals surface area contributed by atoms with Crippen molar-refractivity contribution in [3.63, 3.8) is 0 Å². The van der Waals surface area contributed by atoms with Crippen LogP contribution in [0.3, 0.4) is 0 Å². The first-order valence-corrected chi connectivity index (χ1v) is 11.7. The number of amides is 2. The van der Waals surface area contributed by atoms with E-state index in [4.69, 9.17) is 4.74 Å². The Morgan fingerprint density at radius 1 is 1.12 bits per heavy atom. The van der Waals surface area contributed by atoms with Crippen LogP contribution in [0.5, 0.6) is 0 Å². The van der Waals surface area contributed by atoms with Gasteiger partial charge in [-0.2, -0.15) is 5.10 Å². The topological polar surface area (TPSA) is 71.4 Å². The molecule has 2 aromatic carbocycles. The van der Waals surface area contributed by atoms with Crippen molar-refractivity contribution in [2.75, 3.05) is 41.8 Å². The van der Waals surface area contributed by atoms with Crippen LogP contribution in [0.25, 0.3) is 11.3 Å². The number of aromatic nitrogens is 2. The van der Waals surface area contributed by atoms with Crippen LogP contribution in [0.1, 0.15) is 24.3 Å². The summed E-state index contributed by atoms with van der Waals surface area (Å²) in [5, 5.41) is 10.4. The lowest BCUT2D eigenvalue weighted by Gasteiger charge is -2.29. The van der Waals surface area contributed by atoms with Crippen molar-refractivity contribution in [2.24, 2.45) is 7.05 Å². The van der Waals surface area contributed by atoms with Crippen LogP contribution in [0.2, 0.25) is 0 Å². The van der Waals surface area contributed by atoms with E-state index in [9.17, 15) is 4.79 Å². The Morgan fingerprint density at radius 3 is 2.62 bits per heavy atom. The van der Waals surface area contributed by atoms with Gasteiger partial charge in [-0.15, -0.1) is 0 Å². The minimum atomic E-state index is -0.243. The summed E-state index contributed by atoms with van der Waals surface area (Å²) in [6, 6.07) is 14.0. The minimum Gasteiger partial charge on any atom is -0.378 e. The Morgan fingerprint density at radius 2 is 1.91 bits per heavy atom. The van der Waals surface area contributed by atoms with Gasteiger partial charge < -0.3 is 20.3 Å². The maximum absolute atomic E-state index is 12.9. The zero-order chi connectivity index (χ0) is 22.1. The molecule has 2 fully saturated rings. The summed E-state index contributed by atoms with van der Waals surface area (Å²) in [7, 11) is 1.91. The van der Waals surface area contributed by atoms with Gasteiger partial charge in [0, 0.05) is 42.8 Å². The van der Waals surface area contributed by atoms with Crippen LogP contribution in [0.4, 0.5) is 21.9 Å². The molecule has 5 rings (SSSR count). The van der Waals surface area contributed by atoms with Gasteiger partial charge in [-0.05, 0) is 64.5 Å². The van der Waals surface area contributed by atoms with Gasteiger partial charge in [-0.3, -0.25) is 4.68 Å². The van der Waals surface area contributed by atoms with Gasteiger partial charge in [0.05, 0.1) is 29.6 Å². The zero-order valence-electron chi connectivity index (χ0n) is 18.0. The molecular weight excluding hydrogens is 470 g/mol. The Bertz CT molecular complexity index is 1120. The van der Waals surface area contributed by atoms with E-state index >= 15 is 0 Å². The average Bonchev–Trinajstić information content (AvgIpc) is 3.58. The fourth-order valence-corrected chi connectivity index (χ4v) is 4.78. The number of hydrogen-bond acceptors (Lipinski definition) is 4. The molecule has 0 radical (unpaired) electrons. The predicted octanol–water partition coefficient (Wildman–Crippen LogP) is 5.21. The summed E-state index contributed by atoms with van der Waals surface area (Å²) in [6.07, 6.45) is 4.15. The first-order valence-electron chi connectivity index (χ1n) is 10.9. The average molecular weight is 496 g/mol. The van der Waals surface area contributed by atoms with Gasteiger partial charge in [-0.25, -0.2) is 4.79 Å². The number of hydrogen-bond donors (Lipinski definition) is 2. The molecule has 0 unspecified atom stereocenters. The van der Waals surface area contributed by atoms with E-state index < -0.39 is 0 Å². The van der Waals surface area contributed by atoms with Crippen molar-refractivity contribution < 1.29 is 9.53 Å². The number of para-hydroxylation sites is 1. The molecule has 2 heterocycles. The molecule has 2 N–H and O–H groups in total. The number of morpholine rings is 1. The second kappa shape index (κ2) is 8.96. The normalized spacial score (nSPS) is 16.1. The minimum absolute atomic E-state index is 0.243. The highest BCUT2D eigenvalue weighted by Gasteiger charge is 2.26. The maximum Gasteiger partial charge on any atom is 0.323 e. The molecule has 32 heavy (non-hydrogen) atoms. The summed E-state index contributed by atoms with van der Waals surface area (Å²) in [5.74, 6) is 0.560. The predicted molar refractivity (Wildman–Crippen MR) is 130 cm³/mol. The number of rotatable bonds is 5. The van der Waals surface area contributed by atoms with Crippen LogP contribution < -0.4 is 15.5 Å². The van der Waals surface area contributed by atoms with Gasteiger partial charge in [-0.1, -0.05) is 18.2 Å². The third-order valence-electron chi connectivity index (χ3n) is 5.95. The number of aryl methyl sites for hydroxylation is 1. The third kappa shape index (κ3) is 4.52. The van der Waals surface area contributed by atoms with Crippen LogP contribution >= 0.6 is 15.9 Å². The van der Waals surface area contributed by atoms with Crippen molar-refractivity contribution in [1.29, 1.82) is 0 Å². The number of nitrogens with one attached hydrogen (secondary N) is 2. The monoisotopic (exact) mass is 495 g/mol. The highest BCUT2D eigenvalue weighted by Crippen LogP contribution is 2.43. The van der Waals surface area contributed by atoms with E-state index in [1.807, 2.05) is 42.1 Å². The molecular formula is C24H26BrN5O2. The molecule has 1 saturated heterocycles. The second-order valence-corrected chi connectivity index (χ2v) is 9.13. The quantitative estimate of drug-likeness (QED) is 0.509. The molecule has 3 aromatic rings. The van der Waals surface area contributed by atoms with Crippen LogP contribution in [0, 0.1) is 0 Å². The van der Waals surface area contributed by atoms with Crippen LogP contribution in [-0.4, -0.2) is 42.1 Å². The molecule has 1 saturated carbocycles. The number of urea groups is 1. The van der Waals surface area contributed by atoms with Crippen molar-refractivity contribution in [1.82, 2.24) is 9.78 Å². The molecule has 1 aromatic heterocycles. The molecule has 166 valence electrons. The summed E-state index contributed by atoms with van der Waals surface area (Å²) in [5.41, 5.74) is 5.82. The van der Waals surface area contributed by atoms with Gasteiger partial charge in [0.15, 0.2) is 0 Å². The van der Waals surface area contributed by atoms with E-state index in [1.54, 1.807) is 6.20 Å². The van der Waals surface area contributed by atoms with E-state index in [2.05, 4.69) is 48.7 Å². The van der Waals surface area contributed by atoms with Crippen LogP contribution in [0.15, 0.2) is 53.1 Å². The summed E-state index contributed by atoms with van der Waals surface area (Å²) < 4.78 is 8.26. The van der Waals surface area contributed by atoms with Crippen molar-refractivity contribution in [2.45, 2.75) is 18.8 Å². The lowest BCUT2D eigenvalue weighted by molar-refractivity contribution is 0.122. The Balaban J connectivity index is 1.43. The Hall–Kier alpha value is -2.84. The summed E-state index contributed by atoms with van der Waals surface area (Å²) >= 11 is 3.60. The molecule has 1 aliphatic carbocycles. The zero-order valence-corrected chi connectivity index (χ0v) is 19.6. The fourth-order valence-electron chi connectivity index (χ4n) is 4.21. The molecule has 8 heteroatoms. The summed E-state index contributed by atoms with van der Waals surface area (Å²) in [6.45, 7) is 3.02. The molecule has 2 aliphatic rings. The lowest BCUT2D eigenvalue weighted by Crippen LogP contribution is -2.36. The molecule has 0 bridgehead atoms. The summed E-state index contributed by atoms with van der Waals surface area (Å²) in [4.78, 5) is 15.2. The lowest BCUT2D eigenvalue weighted by atomic mass is 10.1. The second-order valence-electron chi connectivity index (χ2n) is 8.27. The van der Waals surface area contributed by atoms with Crippen molar-refractivity contribution in [3.05, 3.63) is 58.7 Å². The number of halogens is 1. The van der Waals surface area contributed by atoms with Gasteiger partial charge in [0.25, 0.3) is 0 Å². The van der Waals surface area contributed by atoms with Gasteiger partial charge in [0.1, 0.15) is 0 Å². The smallest absolute Gasteiger partial charge is 0.323 e. The van der Waals surface area contributed by atoms with Gasteiger partial charge >= 0.3 is 6.03 Å². The van der Waals surface area contributed by atoms with Crippen LogP contribution in [-0.2, 0) is 11.8 Å².